The average molecular weight is 290 g/mol. The maximum atomic E-state index is 12.5. The van der Waals surface area contributed by atoms with Crippen molar-refractivity contribution in [2.75, 3.05) is 5.73 Å². The van der Waals surface area contributed by atoms with Crippen LogP contribution in [0.15, 0.2) is 42.6 Å². The van der Waals surface area contributed by atoms with E-state index in [1.54, 1.807) is 0 Å². The van der Waals surface area contributed by atoms with Crippen LogP contribution in [-0.2, 0) is 6.18 Å². The van der Waals surface area contributed by atoms with Crippen LogP contribution in [-0.4, -0.2) is 10.8 Å². The van der Waals surface area contributed by atoms with E-state index in [4.69, 9.17) is 5.73 Å². The van der Waals surface area contributed by atoms with E-state index < -0.39 is 17.5 Å². The lowest BCUT2D eigenvalue weighted by Crippen LogP contribution is -2.05. The van der Waals surface area contributed by atoms with Gasteiger partial charge in [0.15, 0.2) is 0 Å². The summed E-state index contributed by atoms with van der Waals surface area (Å²) in [7, 11) is 0. The number of nitrogens with two attached hydrogens (primary N) is 1. The third-order valence-electron chi connectivity index (χ3n) is 2.59. The number of carbonyl (C=O) groups is 1. The lowest BCUT2D eigenvalue weighted by atomic mass is 10.1. The Morgan fingerprint density at radius 3 is 2.62 bits per heavy atom. The minimum absolute atomic E-state index is 0.0286. The van der Waals surface area contributed by atoms with E-state index in [0.717, 1.165) is 12.1 Å². The van der Waals surface area contributed by atoms with Gasteiger partial charge in [-0.2, -0.15) is 13.2 Å². The van der Waals surface area contributed by atoms with Crippen molar-refractivity contribution in [3.63, 3.8) is 0 Å². The lowest BCUT2D eigenvalue weighted by molar-refractivity contribution is -0.137. The van der Waals surface area contributed by atoms with Crippen LogP contribution in [0.3, 0.4) is 0 Å². The molecule has 2 N–H and O–H groups in total. The average Bonchev–Trinajstić information content (AvgIpc) is 2.45. The fourth-order valence-electron chi connectivity index (χ4n) is 1.58. The number of alkyl halides is 3. The van der Waals surface area contributed by atoms with Crippen molar-refractivity contribution in [1.29, 1.82) is 0 Å². The van der Waals surface area contributed by atoms with Crippen LogP contribution in [0.1, 0.15) is 21.5 Å². The quantitative estimate of drug-likeness (QED) is 0.649. The number of Topliss-reactive ketones (excluding diaryl/α,β-unsaturated/α-hetero) is 1. The van der Waals surface area contributed by atoms with E-state index in [-0.39, 0.29) is 16.9 Å². The molecular weight excluding hydrogens is 281 g/mol. The Bertz CT molecular complexity index is 742. The summed E-state index contributed by atoms with van der Waals surface area (Å²) in [5, 5.41) is 0. The molecule has 1 aromatic carbocycles. The Hall–Kier alpha value is -2.81. The van der Waals surface area contributed by atoms with Crippen LogP contribution in [0.25, 0.3) is 0 Å². The standard InChI is InChI=1S/C15H9F3N2O/c16-15(17,18)11-4-1-3-10(9-11)6-7-13(21)12-5-2-8-20-14(12)19/h1-5,8-9H,(H2,19,20). The van der Waals surface area contributed by atoms with E-state index in [9.17, 15) is 18.0 Å². The van der Waals surface area contributed by atoms with Crippen LogP contribution in [0.2, 0.25) is 0 Å². The number of hydrogen-bond acceptors (Lipinski definition) is 3. The summed E-state index contributed by atoms with van der Waals surface area (Å²) in [6.45, 7) is 0. The predicted molar refractivity (Wildman–Crippen MR) is 71.3 cm³/mol. The summed E-state index contributed by atoms with van der Waals surface area (Å²) in [6, 6.07) is 7.41. The maximum absolute atomic E-state index is 12.5. The molecule has 0 radical (unpaired) electrons. The second kappa shape index (κ2) is 5.67. The first-order chi connectivity index (χ1) is 9.88. The summed E-state index contributed by atoms with van der Waals surface area (Å²) in [5.74, 6) is 4.09. The minimum Gasteiger partial charge on any atom is -0.383 e. The Kier molecular flexibility index (Phi) is 3.94. The molecule has 1 heterocycles. The summed E-state index contributed by atoms with van der Waals surface area (Å²) in [4.78, 5) is 15.5. The number of nitrogen functional groups attached to an aromatic ring is 1. The number of anilines is 1. The Morgan fingerprint density at radius 1 is 1.19 bits per heavy atom. The molecule has 0 saturated carbocycles. The van der Waals surface area contributed by atoms with Gasteiger partial charge in [0.25, 0.3) is 0 Å². The molecule has 0 fully saturated rings. The zero-order chi connectivity index (χ0) is 15.5. The molecular formula is C15H9F3N2O. The number of nitrogens with zero attached hydrogens (tertiary/aromatic N) is 1. The van der Waals surface area contributed by atoms with Crippen LogP contribution in [0, 0.1) is 11.8 Å². The van der Waals surface area contributed by atoms with Crippen LogP contribution in [0.4, 0.5) is 19.0 Å². The Morgan fingerprint density at radius 2 is 1.95 bits per heavy atom. The summed E-state index contributed by atoms with van der Waals surface area (Å²) in [5.41, 5.74) is 4.93. The molecule has 1 aromatic heterocycles. The first kappa shape index (κ1) is 14.6. The molecule has 0 aliphatic heterocycles. The summed E-state index contributed by atoms with van der Waals surface area (Å²) in [6.07, 6.45) is -3.03. The van der Waals surface area contributed by atoms with Gasteiger partial charge < -0.3 is 5.73 Å². The number of carbonyl (C=O) groups excluding carboxylic acids is 1. The molecule has 0 amide bonds. The van der Waals surface area contributed by atoms with E-state index in [0.29, 0.717) is 0 Å². The van der Waals surface area contributed by atoms with Crippen molar-refractivity contribution < 1.29 is 18.0 Å². The molecule has 0 aliphatic rings. The fourth-order valence-corrected chi connectivity index (χ4v) is 1.58. The molecule has 21 heavy (non-hydrogen) atoms. The van der Waals surface area contributed by atoms with Gasteiger partial charge in [0.2, 0.25) is 5.78 Å². The number of hydrogen-bond donors (Lipinski definition) is 1. The van der Waals surface area contributed by atoms with Gasteiger partial charge in [-0.3, -0.25) is 4.79 Å². The Labute approximate surface area is 118 Å². The minimum atomic E-state index is -4.45. The second-order valence-electron chi connectivity index (χ2n) is 4.09. The van der Waals surface area contributed by atoms with E-state index in [1.807, 2.05) is 0 Å². The molecule has 0 saturated heterocycles. The normalized spacial score (nSPS) is 10.6. The topological polar surface area (TPSA) is 56.0 Å². The van der Waals surface area contributed by atoms with Crippen LogP contribution < -0.4 is 5.73 Å². The summed E-state index contributed by atoms with van der Waals surface area (Å²) < 4.78 is 37.6. The number of benzene rings is 1. The maximum Gasteiger partial charge on any atom is 0.416 e. The van der Waals surface area contributed by atoms with E-state index >= 15 is 0 Å². The van der Waals surface area contributed by atoms with E-state index in [1.165, 1.54) is 30.5 Å². The molecule has 6 heteroatoms. The van der Waals surface area contributed by atoms with Gasteiger partial charge in [-0.15, -0.1) is 0 Å². The van der Waals surface area contributed by atoms with Crippen molar-refractivity contribution in [2.24, 2.45) is 0 Å². The van der Waals surface area contributed by atoms with E-state index in [2.05, 4.69) is 16.8 Å². The lowest BCUT2D eigenvalue weighted by Gasteiger charge is -2.05. The fraction of sp³-hybridized carbons (Fsp3) is 0.0667. The largest absolute Gasteiger partial charge is 0.416 e. The number of pyridine rings is 1. The van der Waals surface area contributed by atoms with Gasteiger partial charge in [0, 0.05) is 11.8 Å². The van der Waals surface area contributed by atoms with Crippen LogP contribution in [0.5, 0.6) is 0 Å². The predicted octanol–water partition coefficient (Wildman–Crippen LogP) is 2.92. The first-order valence-corrected chi connectivity index (χ1v) is 5.82. The first-order valence-electron chi connectivity index (χ1n) is 5.82. The highest BCUT2D eigenvalue weighted by atomic mass is 19.4. The molecule has 0 bridgehead atoms. The smallest absolute Gasteiger partial charge is 0.383 e. The molecule has 0 aliphatic carbocycles. The third-order valence-corrected chi connectivity index (χ3v) is 2.59. The molecule has 2 rings (SSSR count). The molecule has 0 spiro atoms. The SMILES string of the molecule is Nc1ncccc1C(=O)C#Cc1cccc(C(F)(F)F)c1. The van der Waals surface area contributed by atoms with Crippen LogP contribution >= 0.6 is 0 Å². The monoisotopic (exact) mass is 290 g/mol. The van der Waals surface area contributed by atoms with Crippen molar-refractivity contribution in [3.05, 3.63) is 59.3 Å². The highest BCUT2D eigenvalue weighted by Gasteiger charge is 2.30. The van der Waals surface area contributed by atoms with Gasteiger partial charge >= 0.3 is 6.18 Å². The number of aromatic nitrogens is 1. The Balaban J connectivity index is 2.28. The van der Waals surface area contributed by atoms with Gasteiger partial charge in [0.05, 0.1) is 11.1 Å². The molecule has 2 aromatic rings. The number of rotatable bonds is 1. The van der Waals surface area contributed by atoms with Gasteiger partial charge in [-0.25, -0.2) is 4.98 Å². The van der Waals surface area contributed by atoms with Gasteiger partial charge in [-0.1, -0.05) is 12.0 Å². The van der Waals surface area contributed by atoms with Gasteiger partial charge in [-0.05, 0) is 36.3 Å². The highest BCUT2D eigenvalue weighted by Crippen LogP contribution is 2.29. The summed E-state index contributed by atoms with van der Waals surface area (Å²) >= 11 is 0. The van der Waals surface area contributed by atoms with Gasteiger partial charge in [0.1, 0.15) is 5.82 Å². The van der Waals surface area contributed by atoms with Crippen molar-refractivity contribution in [3.8, 4) is 11.8 Å². The molecule has 0 atom stereocenters. The number of ketones is 1. The number of halogens is 3. The van der Waals surface area contributed by atoms with Crippen molar-refractivity contribution >= 4 is 11.6 Å². The molecule has 106 valence electrons. The van der Waals surface area contributed by atoms with Crippen molar-refractivity contribution in [2.45, 2.75) is 6.18 Å². The third kappa shape index (κ3) is 3.60. The van der Waals surface area contributed by atoms with Crippen molar-refractivity contribution in [1.82, 2.24) is 4.98 Å². The zero-order valence-electron chi connectivity index (χ0n) is 10.6. The second-order valence-corrected chi connectivity index (χ2v) is 4.09. The zero-order valence-corrected chi connectivity index (χ0v) is 10.6. The highest BCUT2D eigenvalue weighted by molar-refractivity contribution is 6.11. The molecule has 3 nitrogen and oxygen atoms in total. The molecule has 0 unspecified atom stereocenters.